The first kappa shape index (κ1) is 30.7. The summed E-state index contributed by atoms with van der Waals surface area (Å²) in [6.45, 7) is 4.23. The molecule has 13 heteroatoms. The highest BCUT2D eigenvalue weighted by Crippen LogP contribution is 2.36. The maximum atomic E-state index is 13.6. The second kappa shape index (κ2) is 12.4. The first-order valence-corrected chi connectivity index (χ1v) is 13.8. The van der Waals surface area contributed by atoms with Crippen LogP contribution in [0.15, 0.2) is 42.5 Å². The Kier molecular flexibility index (Phi) is 10.3. The minimum absolute atomic E-state index is 0.0754. The van der Waals surface area contributed by atoms with Gasteiger partial charge in [0.15, 0.2) is 0 Å². The predicted molar refractivity (Wildman–Crippen MR) is 138 cm³/mol. The standard InChI is InChI=1S/C24H28Cl2F3N3O4S/c1-5-20(23(34)30-15(2)3)31(13-16-6-9-18(25)10-7-16)22(33)14-32(37(4,35)36)21-12-17(24(27,28)29)8-11-19(21)26/h6-12,15,20H,5,13-14H2,1-4H3,(H,30,34)/t20-/m0/s1. The topological polar surface area (TPSA) is 86.8 Å². The van der Waals surface area contributed by atoms with Crippen LogP contribution in [-0.4, -0.2) is 50.0 Å². The molecule has 0 aliphatic rings. The van der Waals surface area contributed by atoms with Gasteiger partial charge in [-0.15, -0.1) is 0 Å². The number of rotatable bonds is 10. The van der Waals surface area contributed by atoms with Gasteiger partial charge in [-0.3, -0.25) is 13.9 Å². The summed E-state index contributed by atoms with van der Waals surface area (Å²) >= 11 is 12.0. The van der Waals surface area contributed by atoms with Crippen molar-refractivity contribution in [1.82, 2.24) is 10.2 Å². The summed E-state index contributed by atoms with van der Waals surface area (Å²) in [5, 5.41) is 2.90. The van der Waals surface area contributed by atoms with E-state index >= 15 is 0 Å². The van der Waals surface area contributed by atoms with Crippen LogP contribution in [0.2, 0.25) is 10.0 Å². The summed E-state index contributed by atoms with van der Waals surface area (Å²) in [5.41, 5.74) is -1.02. The van der Waals surface area contributed by atoms with Crippen molar-refractivity contribution < 1.29 is 31.2 Å². The number of hydrogen-bond acceptors (Lipinski definition) is 4. The van der Waals surface area contributed by atoms with E-state index in [-0.39, 0.29) is 24.0 Å². The Morgan fingerprint density at radius 2 is 1.65 bits per heavy atom. The summed E-state index contributed by atoms with van der Waals surface area (Å²) in [6, 6.07) is 7.47. The molecule has 2 aromatic carbocycles. The molecule has 1 N–H and O–H groups in total. The molecule has 0 fully saturated rings. The number of hydrogen-bond donors (Lipinski definition) is 1. The number of nitrogens with one attached hydrogen (secondary N) is 1. The third-order valence-corrected chi connectivity index (χ3v) is 7.00. The fraction of sp³-hybridized carbons (Fsp3) is 0.417. The number of halogens is 5. The van der Waals surface area contributed by atoms with Crippen molar-refractivity contribution in [2.45, 2.75) is 52.0 Å². The van der Waals surface area contributed by atoms with Crippen LogP contribution < -0.4 is 9.62 Å². The van der Waals surface area contributed by atoms with Gasteiger partial charge in [-0.25, -0.2) is 8.42 Å². The van der Waals surface area contributed by atoms with Crippen molar-refractivity contribution >= 4 is 50.7 Å². The van der Waals surface area contributed by atoms with Gasteiger partial charge in [0, 0.05) is 17.6 Å². The van der Waals surface area contributed by atoms with E-state index in [1.807, 2.05) is 0 Å². The smallest absolute Gasteiger partial charge is 0.352 e. The number of benzene rings is 2. The summed E-state index contributed by atoms with van der Waals surface area (Å²) in [4.78, 5) is 27.7. The van der Waals surface area contributed by atoms with Crippen LogP contribution in [0, 0.1) is 0 Å². The second-order valence-electron chi connectivity index (χ2n) is 8.67. The number of amides is 2. The zero-order valence-electron chi connectivity index (χ0n) is 20.6. The Bertz CT molecular complexity index is 1220. The van der Waals surface area contributed by atoms with Crippen molar-refractivity contribution in [3.05, 3.63) is 63.6 Å². The van der Waals surface area contributed by atoms with Gasteiger partial charge >= 0.3 is 6.18 Å². The molecule has 2 aromatic rings. The van der Waals surface area contributed by atoms with E-state index in [0.717, 1.165) is 12.3 Å². The van der Waals surface area contributed by atoms with E-state index in [9.17, 15) is 31.2 Å². The Hall–Kier alpha value is -2.50. The first-order valence-electron chi connectivity index (χ1n) is 11.2. The zero-order valence-corrected chi connectivity index (χ0v) is 23.0. The van der Waals surface area contributed by atoms with Crippen molar-refractivity contribution in [1.29, 1.82) is 0 Å². The van der Waals surface area contributed by atoms with Crippen LogP contribution in [0.25, 0.3) is 0 Å². The second-order valence-corrected chi connectivity index (χ2v) is 11.4. The van der Waals surface area contributed by atoms with Gasteiger partial charge in [-0.1, -0.05) is 42.3 Å². The van der Waals surface area contributed by atoms with Gasteiger partial charge < -0.3 is 10.2 Å². The van der Waals surface area contributed by atoms with Crippen molar-refractivity contribution in [3.63, 3.8) is 0 Å². The van der Waals surface area contributed by atoms with Crippen LogP contribution in [0.3, 0.4) is 0 Å². The number of carbonyl (C=O) groups excluding carboxylic acids is 2. The summed E-state index contributed by atoms with van der Waals surface area (Å²) in [6.07, 6.45) is -3.82. The SMILES string of the molecule is CC[C@@H](C(=O)NC(C)C)N(Cc1ccc(Cl)cc1)C(=O)CN(c1cc(C(F)(F)F)ccc1Cl)S(C)(=O)=O. The van der Waals surface area contributed by atoms with E-state index in [0.29, 0.717) is 27.0 Å². The molecular weight excluding hydrogens is 554 g/mol. The first-order chi connectivity index (χ1) is 17.0. The molecule has 0 heterocycles. The fourth-order valence-electron chi connectivity index (χ4n) is 3.56. The Morgan fingerprint density at radius 3 is 2.14 bits per heavy atom. The van der Waals surface area contributed by atoms with E-state index in [1.165, 1.54) is 4.90 Å². The predicted octanol–water partition coefficient (Wildman–Crippen LogP) is 5.11. The molecule has 2 rings (SSSR count). The Morgan fingerprint density at radius 1 is 1.05 bits per heavy atom. The van der Waals surface area contributed by atoms with E-state index in [1.54, 1.807) is 45.0 Å². The highest BCUT2D eigenvalue weighted by molar-refractivity contribution is 7.92. The average Bonchev–Trinajstić information content (AvgIpc) is 2.77. The molecule has 0 unspecified atom stereocenters. The number of alkyl halides is 3. The van der Waals surface area contributed by atoms with Crippen LogP contribution in [0.4, 0.5) is 18.9 Å². The molecule has 0 aliphatic carbocycles. The molecule has 7 nitrogen and oxygen atoms in total. The van der Waals surface area contributed by atoms with Gasteiger partial charge in [-0.2, -0.15) is 13.2 Å². The number of sulfonamides is 1. The van der Waals surface area contributed by atoms with Gasteiger partial charge in [0.05, 0.1) is 22.5 Å². The number of anilines is 1. The van der Waals surface area contributed by atoms with E-state index in [4.69, 9.17) is 23.2 Å². The largest absolute Gasteiger partial charge is 0.416 e. The fourth-order valence-corrected chi connectivity index (χ4v) is 4.81. The lowest BCUT2D eigenvalue weighted by Crippen LogP contribution is -2.53. The quantitative estimate of drug-likeness (QED) is 0.422. The minimum atomic E-state index is -4.77. The van der Waals surface area contributed by atoms with Gasteiger partial charge in [0.1, 0.15) is 12.6 Å². The molecular formula is C24H28Cl2F3N3O4S. The van der Waals surface area contributed by atoms with Crippen molar-refractivity contribution in [2.75, 3.05) is 17.1 Å². The molecule has 0 radical (unpaired) electrons. The summed E-state index contributed by atoms with van der Waals surface area (Å²) in [5.74, 6) is -1.26. The zero-order chi connectivity index (χ0) is 28.1. The normalized spacial score (nSPS) is 12.8. The molecule has 0 bridgehead atoms. The highest BCUT2D eigenvalue weighted by atomic mass is 35.5. The molecule has 37 heavy (non-hydrogen) atoms. The third kappa shape index (κ3) is 8.51. The lowest BCUT2D eigenvalue weighted by atomic mass is 10.1. The Balaban J connectivity index is 2.54. The molecule has 2 amide bonds. The van der Waals surface area contributed by atoms with Gasteiger partial charge in [0.25, 0.3) is 0 Å². The van der Waals surface area contributed by atoms with Crippen LogP contribution in [0.1, 0.15) is 38.3 Å². The number of nitrogens with zero attached hydrogens (tertiary/aromatic N) is 2. The molecule has 1 atom stereocenters. The number of carbonyl (C=O) groups is 2. The van der Waals surface area contributed by atoms with Gasteiger partial charge in [-0.05, 0) is 56.2 Å². The maximum Gasteiger partial charge on any atom is 0.416 e. The molecule has 0 saturated carbocycles. The van der Waals surface area contributed by atoms with E-state index in [2.05, 4.69) is 5.32 Å². The van der Waals surface area contributed by atoms with Crippen molar-refractivity contribution in [2.24, 2.45) is 0 Å². The molecule has 0 aliphatic heterocycles. The minimum Gasteiger partial charge on any atom is -0.352 e. The summed E-state index contributed by atoms with van der Waals surface area (Å²) < 4.78 is 65.8. The highest BCUT2D eigenvalue weighted by Gasteiger charge is 2.35. The average molecular weight is 582 g/mol. The third-order valence-electron chi connectivity index (χ3n) is 5.30. The summed E-state index contributed by atoms with van der Waals surface area (Å²) in [7, 11) is -4.27. The van der Waals surface area contributed by atoms with Crippen LogP contribution >= 0.6 is 23.2 Å². The van der Waals surface area contributed by atoms with Crippen molar-refractivity contribution in [3.8, 4) is 0 Å². The van der Waals surface area contributed by atoms with E-state index < -0.39 is 51.9 Å². The van der Waals surface area contributed by atoms with Gasteiger partial charge in [0.2, 0.25) is 21.8 Å². The molecule has 0 aromatic heterocycles. The molecule has 204 valence electrons. The molecule has 0 saturated heterocycles. The van der Waals surface area contributed by atoms with Crippen LogP contribution in [0.5, 0.6) is 0 Å². The monoisotopic (exact) mass is 581 g/mol. The maximum absolute atomic E-state index is 13.6. The lowest BCUT2D eigenvalue weighted by Gasteiger charge is -2.33. The molecule has 0 spiro atoms. The Labute approximate surface area is 224 Å². The lowest BCUT2D eigenvalue weighted by molar-refractivity contribution is -0.140. The van der Waals surface area contributed by atoms with Crippen LogP contribution in [-0.2, 0) is 32.3 Å².